The summed E-state index contributed by atoms with van der Waals surface area (Å²) in [5, 5.41) is 8.70. The lowest BCUT2D eigenvalue weighted by Gasteiger charge is -2.08. The zero-order valence-corrected chi connectivity index (χ0v) is 7.67. The molecule has 0 aromatic heterocycles. The fourth-order valence-electron chi connectivity index (χ4n) is 1.08. The van der Waals surface area contributed by atoms with Crippen LogP contribution in [0.25, 0.3) is 0 Å². The molecule has 0 bridgehead atoms. The first kappa shape index (κ1) is 11.1. The molecule has 70 valence electrons. The van der Waals surface area contributed by atoms with Gasteiger partial charge >= 0.3 is 5.97 Å². The molecule has 3 nitrogen and oxygen atoms in total. The molecule has 1 unspecified atom stereocenters. The van der Waals surface area contributed by atoms with Crippen molar-refractivity contribution in [3.05, 3.63) is 0 Å². The SMILES string of the molecule is CCCC(CC(=O)CC)C(=O)O. The summed E-state index contributed by atoms with van der Waals surface area (Å²) >= 11 is 0. The van der Waals surface area contributed by atoms with Gasteiger partial charge in [0.25, 0.3) is 0 Å². The van der Waals surface area contributed by atoms with Gasteiger partial charge < -0.3 is 5.11 Å². The number of carboxylic acid groups (broad SMARTS) is 1. The van der Waals surface area contributed by atoms with Gasteiger partial charge in [0.2, 0.25) is 0 Å². The number of aliphatic carboxylic acids is 1. The second-order valence-electron chi connectivity index (χ2n) is 2.92. The summed E-state index contributed by atoms with van der Waals surface area (Å²) in [6, 6.07) is 0. The van der Waals surface area contributed by atoms with Crippen LogP contribution in [0.3, 0.4) is 0 Å². The van der Waals surface area contributed by atoms with Gasteiger partial charge in [-0.15, -0.1) is 0 Å². The Kier molecular flexibility index (Phi) is 5.34. The van der Waals surface area contributed by atoms with Gasteiger partial charge in [0.15, 0.2) is 0 Å². The first-order chi connectivity index (χ1) is 5.61. The Balaban J connectivity index is 3.95. The van der Waals surface area contributed by atoms with Crippen molar-refractivity contribution >= 4 is 11.8 Å². The molecule has 0 amide bonds. The molecule has 0 aliphatic rings. The van der Waals surface area contributed by atoms with E-state index in [0.717, 1.165) is 6.42 Å². The first-order valence-electron chi connectivity index (χ1n) is 4.36. The van der Waals surface area contributed by atoms with Gasteiger partial charge in [0.05, 0.1) is 5.92 Å². The molecule has 1 atom stereocenters. The van der Waals surface area contributed by atoms with Crippen molar-refractivity contribution in [2.75, 3.05) is 0 Å². The molecule has 1 N–H and O–H groups in total. The van der Waals surface area contributed by atoms with Crippen LogP contribution in [0.5, 0.6) is 0 Å². The van der Waals surface area contributed by atoms with E-state index in [2.05, 4.69) is 0 Å². The molecule has 0 aromatic rings. The Morgan fingerprint density at radius 3 is 2.25 bits per heavy atom. The quantitative estimate of drug-likeness (QED) is 0.665. The first-order valence-corrected chi connectivity index (χ1v) is 4.36. The third-order valence-electron chi connectivity index (χ3n) is 1.85. The number of carbonyl (C=O) groups is 2. The van der Waals surface area contributed by atoms with Crippen LogP contribution in [0.2, 0.25) is 0 Å². The van der Waals surface area contributed by atoms with E-state index in [-0.39, 0.29) is 12.2 Å². The molecular weight excluding hydrogens is 156 g/mol. The topological polar surface area (TPSA) is 54.4 Å². The lowest BCUT2D eigenvalue weighted by molar-refractivity contribution is -0.144. The highest BCUT2D eigenvalue weighted by molar-refractivity contribution is 5.83. The average molecular weight is 172 g/mol. The lowest BCUT2D eigenvalue weighted by Crippen LogP contribution is -2.17. The van der Waals surface area contributed by atoms with Crippen LogP contribution in [-0.2, 0) is 9.59 Å². The van der Waals surface area contributed by atoms with Gasteiger partial charge in [-0.3, -0.25) is 9.59 Å². The monoisotopic (exact) mass is 172 g/mol. The number of carbonyl (C=O) groups excluding carboxylic acids is 1. The maximum atomic E-state index is 10.9. The largest absolute Gasteiger partial charge is 0.481 e. The summed E-state index contributed by atoms with van der Waals surface area (Å²) in [6.45, 7) is 3.68. The minimum Gasteiger partial charge on any atom is -0.481 e. The van der Waals surface area contributed by atoms with Crippen molar-refractivity contribution in [1.82, 2.24) is 0 Å². The van der Waals surface area contributed by atoms with Gasteiger partial charge in [-0.25, -0.2) is 0 Å². The molecule has 12 heavy (non-hydrogen) atoms. The molecule has 0 aliphatic heterocycles. The van der Waals surface area contributed by atoms with Crippen LogP contribution in [0.1, 0.15) is 39.5 Å². The zero-order valence-electron chi connectivity index (χ0n) is 7.67. The minimum absolute atomic E-state index is 0.0378. The standard InChI is InChI=1S/C9H16O3/c1-3-5-7(9(11)12)6-8(10)4-2/h7H,3-6H2,1-2H3,(H,11,12). The van der Waals surface area contributed by atoms with Crippen molar-refractivity contribution in [1.29, 1.82) is 0 Å². The molecule has 0 aliphatic carbocycles. The van der Waals surface area contributed by atoms with Crippen molar-refractivity contribution in [2.24, 2.45) is 5.92 Å². The predicted octanol–water partition coefficient (Wildman–Crippen LogP) is 1.86. The van der Waals surface area contributed by atoms with Crippen molar-refractivity contribution < 1.29 is 14.7 Å². The number of hydrogen-bond donors (Lipinski definition) is 1. The number of rotatable bonds is 6. The molecule has 0 saturated carbocycles. The molecule has 0 aromatic carbocycles. The summed E-state index contributed by atoms with van der Waals surface area (Å²) < 4.78 is 0. The number of carboxylic acids is 1. The van der Waals surface area contributed by atoms with E-state index in [1.807, 2.05) is 6.92 Å². The van der Waals surface area contributed by atoms with Crippen LogP contribution in [0.15, 0.2) is 0 Å². The summed E-state index contributed by atoms with van der Waals surface area (Å²) in [5.74, 6) is -1.28. The molecule has 0 saturated heterocycles. The average Bonchev–Trinajstić information content (AvgIpc) is 2.03. The van der Waals surface area contributed by atoms with Crippen LogP contribution < -0.4 is 0 Å². The molecule has 0 rings (SSSR count). The second-order valence-corrected chi connectivity index (χ2v) is 2.92. The van der Waals surface area contributed by atoms with E-state index in [4.69, 9.17) is 5.11 Å². The Morgan fingerprint density at radius 1 is 1.33 bits per heavy atom. The highest BCUT2D eigenvalue weighted by Gasteiger charge is 2.18. The molecular formula is C9H16O3. The number of hydrogen-bond acceptors (Lipinski definition) is 2. The Morgan fingerprint density at radius 2 is 1.92 bits per heavy atom. The van der Waals surface area contributed by atoms with Gasteiger partial charge in [0, 0.05) is 12.8 Å². The molecule has 0 radical (unpaired) electrons. The maximum Gasteiger partial charge on any atom is 0.306 e. The van der Waals surface area contributed by atoms with Gasteiger partial charge in [-0.2, -0.15) is 0 Å². The van der Waals surface area contributed by atoms with Gasteiger partial charge in [-0.05, 0) is 6.42 Å². The van der Waals surface area contributed by atoms with E-state index < -0.39 is 11.9 Å². The third-order valence-corrected chi connectivity index (χ3v) is 1.85. The summed E-state index contributed by atoms with van der Waals surface area (Å²) in [7, 11) is 0. The maximum absolute atomic E-state index is 10.9. The molecule has 3 heteroatoms. The van der Waals surface area contributed by atoms with Crippen LogP contribution in [0.4, 0.5) is 0 Å². The molecule has 0 heterocycles. The normalized spacial score (nSPS) is 12.5. The second kappa shape index (κ2) is 5.75. The number of ketones is 1. The molecule has 0 spiro atoms. The van der Waals surface area contributed by atoms with E-state index >= 15 is 0 Å². The predicted molar refractivity (Wildman–Crippen MR) is 45.9 cm³/mol. The van der Waals surface area contributed by atoms with Gasteiger partial charge in [0.1, 0.15) is 5.78 Å². The van der Waals surface area contributed by atoms with E-state index in [1.165, 1.54) is 0 Å². The lowest BCUT2D eigenvalue weighted by atomic mass is 9.97. The molecule has 0 fully saturated rings. The third kappa shape index (κ3) is 4.11. The van der Waals surface area contributed by atoms with E-state index in [9.17, 15) is 9.59 Å². The Bertz CT molecular complexity index is 161. The van der Waals surface area contributed by atoms with Crippen molar-refractivity contribution in [3.8, 4) is 0 Å². The highest BCUT2D eigenvalue weighted by atomic mass is 16.4. The fraction of sp³-hybridized carbons (Fsp3) is 0.778. The van der Waals surface area contributed by atoms with Crippen LogP contribution in [0, 0.1) is 5.92 Å². The zero-order chi connectivity index (χ0) is 9.56. The van der Waals surface area contributed by atoms with Crippen LogP contribution >= 0.6 is 0 Å². The van der Waals surface area contributed by atoms with Crippen molar-refractivity contribution in [3.63, 3.8) is 0 Å². The summed E-state index contributed by atoms with van der Waals surface area (Å²) in [4.78, 5) is 21.5. The fourth-order valence-corrected chi connectivity index (χ4v) is 1.08. The smallest absolute Gasteiger partial charge is 0.306 e. The van der Waals surface area contributed by atoms with Crippen LogP contribution in [-0.4, -0.2) is 16.9 Å². The van der Waals surface area contributed by atoms with E-state index in [0.29, 0.717) is 12.8 Å². The van der Waals surface area contributed by atoms with Gasteiger partial charge in [-0.1, -0.05) is 20.3 Å². The Hall–Kier alpha value is -0.860. The highest BCUT2D eigenvalue weighted by Crippen LogP contribution is 2.12. The minimum atomic E-state index is -0.848. The van der Waals surface area contributed by atoms with Crippen molar-refractivity contribution in [2.45, 2.75) is 39.5 Å². The Labute approximate surface area is 72.8 Å². The van der Waals surface area contributed by atoms with E-state index in [1.54, 1.807) is 6.92 Å². The number of Topliss-reactive ketones (excluding diaryl/α,β-unsaturated/α-hetero) is 1. The summed E-state index contributed by atoms with van der Waals surface area (Å²) in [6.07, 6.45) is 2.04. The summed E-state index contributed by atoms with van der Waals surface area (Å²) in [5.41, 5.74) is 0.